The Balaban J connectivity index is 2.74. The molecule has 0 atom stereocenters. The summed E-state index contributed by atoms with van der Waals surface area (Å²) in [5.74, 6) is 1.18. The minimum Gasteiger partial charge on any atom is -0.493 e. The number of rotatable bonds is 7. The molecule has 0 amide bonds. The first-order chi connectivity index (χ1) is 8.72. The summed E-state index contributed by atoms with van der Waals surface area (Å²) in [5.41, 5.74) is 6.06. The number of benzene rings is 1. The number of methoxy groups -OCH3 is 2. The molecule has 0 saturated heterocycles. The van der Waals surface area contributed by atoms with E-state index in [1.807, 2.05) is 0 Å². The van der Waals surface area contributed by atoms with Crippen molar-refractivity contribution in [2.24, 2.45) is 10.9 Å². The number of hydrogen-bond acceptors (Lipinski definition) is 5. The van der Waals surface area contributed by atoms with E-state index in [4.69, 9.17) is 25.2 Å². The highest BCUT2D eigenvalue weighted by Crippen LogP contribution is 2.28. The number of hydrogen-bond donors (Lipinski definition) is 2. The zero-order valence-electron chi connectivity index (χ0n) is 10.5. The molecule has 0 aliphatic carbocycles. The van der Waals surface area contributed by atoms with E-state index in [0.29, 0.717) is 30.3 Å². The van der Waals surface area contributed by atoms with Gasteiger partial charge in [-0.2, -0.15) is 0 Å². The van der Waals surface area contributed by atoms with E-state index in [1.54, 1.807) is 25.3 Å². The minimum absolute atomic E-state index is 0.0271. The summed E-state index contributed by atoms with van der Waals surface area (Å²) < 4.78 is 15.7. The van der Waals surface area contributed by atoms with Crippen LogP contribution in [0.25, 0.3) is 0 Å². The van der Waals surface area contributed by atoms with E-state index in [0.717, 1.165) is 6.42 Å². The van der Waals surface area contributed by atoms with E-state index in [1.165, 1.54) is 7.11 Å². The van der Waals surface area contributed by atoms with Crippen LogP contribution in [0.1, 0.15) is 12.0 Å². The highest BCUT2D eigenvalue weighted by molar-refractivity contribution is 5.97. The molecular weight excluding hydrogens is 236 g/mol. The van der Waals surface area contributed by atoms with Crippen molar-refractivity contribution in [3.8, 4) is 11.5 Å². The Morgan fingerprint density at radius 3 is 2.67 bits per heavy atom. The Labute approximate surface area is 106 Å². The molecule has 0 heterocycles. The van der Waals surface area contributed by atoms with Gasteiger partial charge < -0.3 is 25.2 Å². The quantitative estimate of drug-likeness (QED) is 0.251. The molecule has 0 saturated carbocycles. The van der Waals surface area contributed by atoms with Crippen LogP contribution in [-0.2, 0) is 4.74 Å². The van der Waals surface area contributed by atoms with Crippen molar-refractivity contribution in [1.82, 2.24) is 0 Å². The molecule has 0 fully saturated rings. The Morgan fingerprint density at radius 1 is 1.28 bits per heavy atom. The van der Waals surface area contributed by atoms with E-state index < -0.39 is 0 Å². The average Bonchev–Trinajstić information content (AvgIpc) is 2.42. The van der Waals surface area contributed by atoms with Crippen molar-refractivity contribution in [3.63, 3.8) is 0 Å². The van der Waals surface area contributed by atoms with Gasteiger partial charge in [0.2, 0.25) is 0 Å². The van der Waals surface area contributed by atoms with Crippen LogP contribution < -0.4 is 15.2 Å². The maximum atomic E-state index is 8.60. The lowest BCUT2D eigenvalue weighted by molar-refractivity contribution is 0.170. The third kappa shape index (κ3) is 3.81. The molecule has 1 aromatic rings. The molecule has 0 spiro atoms. The second-order valence-electron chi connectivity index (χ2n) is 3.55. The first-order valence-electron chi connectivity index (χ1n) is 5.50. The Kier molecular flexibility index (Phi) is 5.79. The van der Waals surface area contributed by atoms with Crippen molar-refractivity contribution in [1.29, 1.82) is 0 Å². The number of nitrogens with two attached hydrogens (primary N) is 1. The summed E-state index contributed by atoms with van der Waals surface area (Å²) in [4.78, 5) is 0. The van der Waals surface area contributed by atoms with Crippen molar-refractivity contribution in [2.45, 2.75) is 6.42 Å². The molecule has 6 nitrogen and oxygen atoms in total. The molecule has 0 unspecified atom stereocenters. The van der Waals surface area contributed by atoms with Crippen LogP contribution in [0.4, 0.5) is 0 Å². The maximum Gasteiger partial charge on any atom is 0.170 e. The summed E-state index contributed by atoms with van der Waals surface area (Å²) in [6.07, 6.45) is 0.793. The van der Waals surface area contributed by atoms with Gasteiger partial charge in [0.15, 0.2) is 17.3 Å². The predicted molar refractivity (Wildman–Crippen MR) is 67.5 cm³/mol. The van der Waals surface area contributed by atoms with Gasteiger partial charge >= 0.3 is 0 Å². The lowest BCUT2D eigenvalue weighted by atomic mass is 10.2. The summed E-state index contributed by atoms with van der Waals surface area (Å²) in [6, 6.07) is 5.07. The second kappa shape index (κ2) is 7.39. The third-order valence-electron chi connectivity index (χ3n) is 2.32. The molecule has 0 radical (unpaired) electrons. The first-order valence-corrected chi connectivity index (χ1v) is 5.50. The van der Waals surface area contributed by atoms with Gasteiger partial charge in [-0.25, -0.2) is 0 Å². The molecule has 1 aromatic carbocycles. The molecule has 6 heteroatoms. The lowest BCUT2D eigenvalue weighted by Crippen LogP contribution is -2.13. The van der Waals surface area contributed by atoms with Gasteiger partial charge in [0, 0.05) is 25.7 Å². The number of amidine groups is 1. The van der Waals surface area contributed by atoms with E-state index >= 15 is 0 Å². The van der Waals surface area contributed by atoms with Crippen LogP contribution in [0.3, 0.4) is 0 Å². The van der Waals surface area contributed by atoms with Crippen molar-refractivity contribution in [3.05, 3.63) is 23.8 Å². The average molecular weight is 254 g/mol. The predicted octanol–water partition coefficient (Wildman–Crippen LogP) is 1.21. The summed E-state index contributed by atoms with van der Waals surface area (Å²) in [5, 5.41) is 11.5. The molecule has 18 heavy (non-hydrogen) atoms. The smallest absolute Gasteiger partial charge is 0.170 e. The second-order valence-corrected chi connectivity index (χ2v) is 3.55. The molecule has 0 aliphatic rings. The van der Waals surface area contributed by atoms with Gasteiger partial charge in [-0.3, -0.25) is 0 Å². The zero-order chi connectivity index (χ0) is 13.4. The first kappa shape index (κ1) is 14.1. The van der Waals surface area contributed by atoms with Crippen LogP contribution in [0.15, 0.2) is 23.4 Å². The van der Waals surface area contributed by atoms with Crippen molar-refractivity contribution < 1.29 is 19.4 Å². The standard InChI is InChI=1S/C12H18N2O4/c1-16-6-3-7-18-10-5-4-9(12(13)14-15)8-11(10)17-2/h4-5,8,15H,3,6-7H2,1-2H3,(H2,13,14). The normalized spacial score (nSPS) is 11.3. The van der Waals surface area contributed by atoms with E-state index in [2.05, 4.69) is 5.16 Å². The van der Waals surface area contributed by atoms with Gasteiger partial charge in [0.05, 0.1) is 13.7 Å². The molecule has 1 rings (SSSR count). The molecular formula is C12H18N2O4. The highest BCUT2D eigenvalue weighted by Gasteiger charge is 2.08. The van der Waals surface area contributed by atoms with Gasteiger partial charge in [0.25, 0.3) is 0 Å². The molecule has 0 aromatic heterocycles. The minimum atomic E-state index is 0.0271. The summed E-state index contributed by atoms with van der Waals surface area (Å²) >= 11 is 0. The van der Waals surface area contributed by atoms with Crippen molar-refractivity contribution in [2.75, 3.05) is 27.4 Å². The molecule has 0 bridgehead atoms. The monoisotopic (exact) mass is 254 g/mol. The zero-order valence-corrected chi connectivity index (χ0v) is 10.5. The van der Waals surface area contributed by atoms with Crippen LogP contribution in [-0.4, -0.2) is 38.5 Å². The molecule has 0 aliphatic heterocycles. The third-order valence-corrected chi connectivity index (χ3v) is 2.32. The van der Waals surface area contributed by atoms with Crippen molar-refractivity contribution >= 4 is 5.84 Å². The lowest BCUT2D eigenvalue weighted by Gasteiger charge is -2.11. The fourth-order valence-electron chi connectivity index (χ4n) is 1.39. The summed E-state index contributed by atoms with van der Waals surface area (Å²) in [7, 11) is 3.18. The van der Waals surface area contributed by atoms with Gasteiger partial charge in [-0.05, 0) is 18.2 Å². The van der Waals surface area contributed by atoms with Gasteiger partial charge in [-0.15, -0.1) is 0 Å². The fraction of sp³-hybridized carbons (Fsp3) is 0.417. The molecule has 3 N–H and O–H groups in total. The fourth-order valence-corrected chi connectivity index (χ4v) is 1.39. The van der Waals surface area contributed by atoms with Gasteiger partial charge in [-0.1, -0.05) is 5.16 Å². The Hall–Kier alpha value is -1.95. The SMILES string of the molecule is COCCCOc1ccc(/C(N)=N/O)cc1OC. The largest absolute Gasteiger partial charge is 0.493 e. The highest BCUT2D eigenvalue weighted by atomic mass is 16.5. The Bertz CT molecular complexity index is 407. The van der Waals surface area contributed by atoms with E-state index in [9.17, 15) is 0 Å². The number of ether oxygens (including phenoxy) is 3. The van der Waals surface area contributed by atoms with Crippen LogP contribution in [0.5, 0.6) is 11.5 Å². The summed E-state index contributed by atoms with van der Waals surface area (Å²) in [6.45, 7) is 1.18. The van der Waals surface area contributed by atoms with Crippen LogP contribution in [0, 0.1) is 0 Å². The number of oxime groups is 1. The van der Waals surface area contributed by atoms with E-state index in [-0.39, 0.29) is 5.84 Å². The topological polar surface area (TPSA) is 86.3 Å². The molecule has 100 valence electrons. The Morgan fingerprint density at radius 2 is 2.06 bits per heavy atom. The van der Waals surface area contributed by atoms with Gasteiger partial charge in [0.1, 0.15) is 0 Å². The number of nitrogens with zero attached hydrogens (tertiary/aromatic N) is 1. The maximum absolute atomic E-state index is 8.60. The van der Waals surface area contributed by atoms with Crippen LogP contribution in [0.2, 0.25) is 0 Å². The van der Waals surface area contributed by atoms with Crippen LogP contribution >= 0.6 is 0 Å².